The van der Waals surface area contributed by atoms with Gasteiger partial charge in [-0.25, -0.2) is 13.2 Å². The number of imidazole rings is 1. The van der Waals surface area contributed by atoms with Crippen LogP contribution < -0.4 is 11.0 Å². The standard InChI is InChI=1S/C20H22ClN5O4S/c1-13(19(27)22-14-6-7-16-17(12-14)24-20(28)23-16)25-8-10-26(11-9-25)31(29,30)18-5-3-2-4-15(18)21/h2-7,12-13H,8-11H2,1H3,(H,22,27)(H2,23,24,28). The molecule has 4 rings (SSSR count). The molecule has 0 radical (unpaired) electrons. The third kappa shape index (κ3) is 4.38. The quantitative estimate of drug-likeness (QED) is 0.533. The predicted molar refractivity (Wildman–Crippen MR) is 119 cm³/mol. The minimum atomic E-state index is -3.69. The summed E-state index contributed by atoms with van der Waals surface area (Å²) in [5.41, 5.74) is 1.52. The van der Waals surface area contributed by atoms with Gasteiger partial charge < -0.3 is 15.3 Å². The zero-order valence-corrected chi connectivity index (χ0v) is 18.3. The Balaban J connectivity index is 1.39. The fourth-order valence-corrected chi connectivity index (χ4v) is 5.56. The van der Waals surface area contributed by atoms with Crippen LogP contribution in [-0.2, 0) is 14.8 Å². The van der Waals surface area contributed by atoms with Gasteiger partial charge in [0.1, 0.15) is 4.90 Å². The molecule has 3 N–H and O–H groups in total. The van der Waals surface area contributed by atoms with Crippen molar-refractivity contribution in [2.75, 3.05) is 31.5 Å². The summed E-state index contributed by atoms with van der Waals surface area (Å²) in [5, 5.41) is 3.04. The van der Waals surface area contributed by atoms with Gasteiger partial charge in [-0.3, -0.25) is 9.69 Å². The van der Waals surface area contributed by atoms with Gasteiger partial charge in [0, 0.05) is 31.9 Å². The average molecular weight is 464 g/mol. The van der Waals surface area contributed by atoms with Gasteiger partial charge in [0.15, 0.2) is 0 Å². The van der Waals surface area contributed by atoms with Crippen LogP contribution in [0, 0.1) is 0 Å². The van der Waals surface area contributed by atoms with E-state index in [1.54, 1.807) is 43.3 Å². The number of amides is 1. The summed E-state index contributed by atoms with van der Waals surface area (Å²) in [6.45, 7) is 3.15. The number of H-pyrrole nitrogens is 2. The highest BCUT2D eigenvalue weighted by Crippen LogP contribution is 2.25. The number of carbonyl (C=O) groups is 1. The van der Waals surface area contributed by atoms with Crippen molar-refractivity contribution in [1.29, 1.82) is 0 Å². The van der Waals surface area contributed by atoms with Crippen LogP contribution in [0.15, 0.2) is 52.2 Å². The maximum absolute atomic E-state index is 12.9. The van der Waals surface area contributed by atoms with Crippen LogP contribution in [0.25, 0.3) is 11.0 Å². The minimum absolute atomic E-state index is 0.0918. The van der Waals surface area contributed by atoms with Crippen molar-refractivity contribution in [3.63, 3.8) is 0 Å². The summed E-state index contributed by atoms with van der Waals surface area (Å²) in [6.07, 6.45) is 0. The Morgan fingerprint density at radius 2 is 1.74 bits per heavy atom. The highest BCUT2D eigenvalue weighted by molar-refractivity contribution is 7.89. The van der Waals surface area contributed by atoms with Gasteiger partial charge >= 0.3 is 5.69 Å². The van der Waals surface area contributed by atoms with Crippen molar-refractivity contribution >= 4 is 44.3 Å². The lowest BCUT2D eigenvalue weighted by molar-refractivity contribution is -0.121. The van der Waals surface area contributed by atoms with E-state index in [0.29, 0.717) is 29.8 Å². The van der Waals surface area contributed by atoms with E-state index in [0.717, 1.165) is 0 Å². The molecule has 11 heteroatoms. The number of halogens is 1. The molecule has 2 heterocycles. The number of hydrogen-bond donors (Lipinski definition) is 3. The van der Waals surface area contributed by atoms with Gasteiger partial charge in [-0.1, -0.05) is 23.7 Å². The number of nitrogens with zero attached hydrogens (tertiary/aromatic N) is 2. The summed E-state index contributed by atoms with van der Waals surface area (Å²) in [6, 6.07) is 11.0. The molecule has 31 heavy (non-hydrogen) atoms. The molecule has 1 saturated heterocycles. The predicted octanol–water partition coefficient (Wildman–Crippen LogP) is 1.84. The summed E-state index contributed by atoms with van der Waals surface area (Å²) in [5.74, 6) is -0.209. The van der Waals surface area contributed by atoms with Crippen molar-refractivity contribution in [2.24, 2.45) is 0 Å². The van der Waals surface area contributed by atoms with Gasteiger partial charge in [0.05, 0.1) is 22.1 Å². The first-order valence-electron chi connectivity index (χ1n) is 9.77. The summed E-state index contributed by atoms with van der Waals surface area (Å²) >= 11 is 6.07. The fourth-order valence-electron chi connectivity index (χ4n) is 3.65. The molecular formula is C20H22ClN5O4S. The van der Waals surface area contributed by atoms with Crippen LogP contribution in [0.4, 0.5) is 5.69 Å². The number of piperazine rings is 1. The van der Waals surface area contributed by atoms with Crippen molar-refractivity contribution in [3.05, 3.63) is 58.0 Å². The molecule has 1 aromatic heterocycles. The molecule has 1 atom stereocenters. The Kier molecular flexibility index (Phi) is 5.89. The summed E-state index contributed by atoms with van der Waals surface area (Å²) < 4.78 is 27.2. The first-order chi connectivity index (χ1) is 14.8. The largest absolute Gasteiger partial charge is 0.325 e. The van der Waals surface area contributed by atoms with E-state index in [4.69, 9.17) is 11.6 Å². The van der Waals surface area contributed by atoms with Crippen molar-refractivity contribution in [1.82, 2.24) is 19.2 Å². The van der Waals surface area contributed by atoms with Crippen LogP contribution in [0.1, 0.15) is 6.92 Å². The maximum Gasteiger partial charge on any atom is 0.323 e. The molecule has 0 spiro atoms. The number of fused-ring (bicyclic) bond motifs is 1. The lowest BCUT2D eigenvalue weighted by Crippen LogP contribution is -2.53. The molecule has 0 bridgehead atoms. The number of hydrogen-bond acceptors (Lipinski definition) is 5. The van der Waals surface area contributed by atoms with Gasteiger partial charge in [0.2, 0.25) is 15.9 Å². The molecule has 3 aromatic rings. The normalized spacial score (nSPS) is 17.0. The molecule has 1 aliphatic heterocycles. The van der Waals surface area contributed by atoms with E-state index in [1.165, 1.54) is 10.4 Å². The zero-order chi connectivity index (χ0) is 22.2. The Bertz CT molecular complexity index is 1280. The second-order valence-electron chi connectivity index (χ2n) is 7.38. The van der Waals surface area contributed by atoms with E-state index in [2.05, 4.69) is 15.3 Å². The monoisotopic (exact) mass is 463 g/mol. The highest BCUT2D eigenvalue weighted by Gasteiger charge is 2.32. The number of sulfonamides is 1. The SMILES string of the molecule is CC(C(=O)Nc1ccc2[nH]c(=O)[nH]c2c1)N1CCN(S(=O)(=O)c2ccccc2Cl)CC1. The zero-order valence-electron chi connectivity index (χ0n) is 16.8. The molecule has 164 valence electrons. The molecule has 2 aromatic carbocycles. The third-order valence-corrected chi connectivity index (χ3v) is 7.84. The highest BCUT2D eigenvalue weighted by atomic mass is 35.5. The van der Waals surface area contributed by atoms with Crippen LogP contribution >= 0.6 is 11.6 Å². The first-order valence-corrected chi connectivity index (χ1v) is 11.6. The van der Waals surface area contributed by atoms with Gasteiger partial charge in [-0.2, -0.15) is 4.31 Å². The molecule has 9 nitrogen and oxygen atoms in total. The fraction of sp³-hybridized carbons (Fsp3) is 0.300. The Morgan fingerprint density at radius 3 is 2.45 bits per heavy atom. The molecule has 0 saturated carbocycles. The van der Waals surface area contributed by atoms with Crippen LogP contribution in [-0.4, -0.2) is 65.7 Å². The second kappa shape index (κ2) is 8.46. The summed E-state index contributed by atoms with van der Waals surface area (Å²) in [4.78, 5) is 31.4. The molecule has 0 aliphatic carbocycles. The molecule has 1 fully saturated rings. The Labute approximate surface area is 184 Å². The second-order valence-corrected chi connectivity index (χ2v) is 9.69. The number of aromatic amines is 2. The number of carbonyl (C=O) groups excluding carboxylic acids is 1. The van der Waals surface area contributed by atoms with Gasteiger partial charge in [-0.15, -0.1) is 0 Å². The van der Waals surface area contributed by atoms with Crippen LogP contribution in [0.5, 0.6) is 0 Å². The molecule has 1 amide bonds. The molecule has 1 aliphatic rings. The first kappa shape index (κ1) is 21.6. The topological polar surface area (TPSA) is 118 Å². The van der Waals surface area contributed by atoms with Crippen LogP contribution in [0.3, 0.4) is 0 Å². The van der Waals surface area contributed by atoms with E-state index in [-0.39, 0.29) is 34.6 Å². The minimum Gasteiger partial charge on any atom is -0.325 e. The van der Waals surface area contributed by atoms with Crippen molar-refractivity contribution in [2.45, 2.75) is 17.9 Å². The average Bonchev–Trinajstić information content (AvgIpc) is 3.12. The van der Waals surface area contributed by atoms with Gasteiger partial charge in [-0.05, 0) is 37.3 Å². The van der Waals surface area contributed by atoms with E-state index in [9.17, 15) is 18.0 Å². The summed E-state index contributed by atoms with van der Waals surface area (Å²) in [7, 11) is -3.69. The van der Waals surface area contributed by atoms with Crippen LogP contribution in [0.2, 0.25) is 5.02 Å². The maximum atomic E-state index is 12.9. The third-order valence-electron chi connectivity index (χ3n) is 5.44. The number of rotatable bonds is 5. The number of anilines is 1. The Morgan fingerprint density at radius 1 is 1.06 bits per heavy atom. The van der Waals surface area contributed by atoms with E-state index < -0.39 is 16.1 Å². The molecule has 1 unspecified atom stereocenters. The smallest absolute Gasteiger partial charge is 0.323 e. The Hall–Kier alpha value is -2.66. The number of aromatic nitrogens is 2. The lowest BCUT2D eigenvalue weighted by atomic mass is 10.2. The van der Waals surface area contributed by atoms with E-state index in [1.807, 2.05) is 4.90 Å². The molecular weight excluding hydrogens is 442 g/mol. The van der Waals surface area contributed by atoms with Crippen molar-refractivity contribution in [3.8, 4) is 0 Å². The number of benzene rings is 2. The van der Waals surface area contributed by atoms with Gasteiger partial charge in [0.25, 0.3) is 0 Å². The number of nitrogens with one attached hydrogen (secondary N) is 3. The van der Waals surface area contributed by atoms with E-state index >= 15 is 0 Å². The lowest BCUT2D eigenvalue weighted by Gasteiger charge is -2.36. The van der Waals surface area contributed by atoms with Crippen molar-refractivity contribution < 1.29 is 13.2 Å².